The van der Waals surface area contributed by atoms with Crippen molar-refractivity contribution >= 4 is 11.9 Å². The van der Waals surface area contributed by atoms with Crippen molar-refractivity contribution < 1.29 is 19.4 Å². The van der Waals surface area contributed by atoms with Gasteiger partial charge in [-0.2, -0.15) is 0 Å². The maximum absolute atomic E-state index is 11.8. The molecule has 0 saturated carbocycles. The van der Waals surface area contributed by atoms with Crippen LogP contribution in [0.5, 0.6) is 0 Å². The molecular formula is C20H38O4. The summed E-state index contributed by atoms with van der Waals surface area (Å²) in [6.07, 6.45) is 15.0. The first-order chi connectivity index (χ1) is 11.6. The molecule has 0 aliphatic heterocycles. The molecule has 0 saturated heterocycles. The Morgan fingerprint density at radius 3 is 1.83 bits per heavy atom. The average Bonchev–Trinajstić information content (AvgIpc) is 2.55. The third-order valence-corrected chi connectivity index (χ3v) is 4.40. The van der Waals surface area contributed by atoms with Crippen molar-refractivity contribution in [1.29, 1.82) is 0 Å². The third kappa shape index (κ3) is 15.8. The fraction of sp³-hybridized carbons (Fsp3) is 0.900. The maximum atomic E-state index is 11.8. The van der Waals surface area contributed by atoms with Gasteiger partial charge in [-0.3, -0.25) is 9.59 Å². The van der Waals surface area contributed by atoms with Crippen LogP contribution in [0.15, 0.2) is 0 Å². The van der Waals surface area contributed by atoms with E-state index < -0.39 is 5.97 Å². The summed E-state index contributed by atoms with van der Waals surface area (Å²) < 4.78 is 5.43. The van der Waals surface area contributed by atoms with E-state index in [2.05, 4.69) is 6.92 Å². The number of rotatable bonds is 17. The molecule has 0 aliphatic rings. The van der Waals surface area contributed by atoms with Crippen LogP contribution in [0.25, 0.3) is 0 Å². The van der Waals surface area contributed by atoms with Gasteiger partial charge in [0.15, 0.2) is 0 Å². The van der Waals surface area contributed by atoms with Crippen molar-refractivity contribution in [2.24, 2.45) is 0 Å². The molecule has 1 unspecified atom stereocenters. The second kappa shape index (κ2) is 16.8. The fourth-order valence-corrected chi connectivity index (χ4v) is 2.83. The first-order valence-corrected chi connectivity index (χ1v) is 10.0. The van der Waals surface area contributed by atoms with Gasteiger partial charge >= 0.3 is 11.9 Å². The number of hydrogen-bond donors (Lipinski definition) is 1. The minimum absolute atomic E-state index is 0.125. The average molecular weight is 343 g/mol. The largest absolute Gasteiger partial charge is 0.481 e. The van der Waals surface area contributed by atoms with E-state index in [1.54, 1.807) is 0 Å². The lowest BCUT2D eigenvalue weighted by Gasteiger charge is -2.15. The van der Waals surface area contributed by atoms with E-state index in [9.17, 15) is 9.59 Å². The number of carboxylic acids is 1. The monoisotopic (exact) mass is 342 g/mol. The number of carbonyl (C=O) groups is 2. The number of aliphatic carboxylic acids is 1. The zero-order valence-corrected chi connectivity index (χ0v) is 15.9. The Balaban J connectivity index is 3.48. The van der Waals surface area contributed by atoms with Gasteiger partial charge in [0.05, 0.1) is 0 Å². The highest BCUT2D eigenvalue weighted by Crippen LogP contribution is 2.13. The topological polar surface area (TPSA) is 63.6 Å². The molecule has 0 aromatic carbocycles. The Labute approximate surface area is 148 Å². The number of carbonyl (C=O) groups excluding carboxylic acids is 1. The van der Waals surface area contributed by atoms with E-state index in [0.717, 1.165) is 19.3 Å². The van der Waals surface area contributed by atoms with E-state index in [4.69, 9.17) is 9.84 Å². The number of hydrogen-bond acceptors (Lipinski definition) is 3. The molecule has 0 aromatic rings. The lowest BCUT2D eigenvalue weighted by atomic mass is 10.1. The Hall–Kier alpha value is -1.06. The van der Waals surface area contributed by atoms with Crippen molar-refractivity contribution in [3.8, 4) is 0 Å². The van der Waals surface area contributed by atoms with Crippen molar-refractivity contribution in [1.82, 2.24) is 0 Å². The molecule has 0 bridgehead atoms. The van der Waals surface area contributed by atoms with Gasteiger partial charge in [-0.1, -0.05) is 71.6 Å². The van der Waals surface area contributed by atoms with E-state index >= 15 is 0 Å². The molecule has 24 heavy (non-hydrogen) atoms. The summed E-state index contributed by atoms with van der Waals surface area (Å²) in [6, 6.07) is 0. The SMILES string of the molecule is CCCCCCCCCCCCC(=O)OC(CC)CCCC(=O)O. The van der Waals surface area contributed by atoms with Gasteiger partial charge in [-0.15, -0.1) is 0 Å². The number of unbranched alkanes of at least 4 members (excludes halogenated alkanes) is 9. The smallest absolute Gasteiger partial charge is 0.306 e. The third-order valence-electron chi connectivity index (χ3n) is 4.40. The molecule has 0 spiro atoms. The summed E-state index contributed by atoms with van der Waals surface area (Å²) in [4.78, 5) is 22.3. The molecule has 142 valence electrons. The van der Waals surface area contributed by atoms with Crippen LogP contribution in [-0.4, -0.2) is 23.1 Å². The zero-order valence-electron chi connectivity index (χ0n) is 15.9. The van der Waals surface area contributed by atoms with E-state index in [-0.39, 0.29) is 18.5 Å². The Bertz CT molecular complexity index is 315. The maximum Gasteiger partial charge on any atom is 0.306 e. The predicted octanol–water partition coefficient (Wildman–Crippen LogP) is 5.87. The molecule has 0 radical (unpaired) electrons. The normalized spacial score (nSPS) is 12.1. The molecular weight excluding hydrogens is 304 g/mol. The summed E-state index contributed by atoms with van der Waals surface area (Å²) in [6.45, 7) is 4.21. The summed E-state index contributed by atoms with van der Waals surface area (Å²) in [5, 5.41) is 8.63. The van der Waals surface area contributed by atoms with Crippen LogP contribution in [0.2, 0.25) is 0 Å². The van der Waals surface area contributed by atoms with Crippen LogP contribution in [-0.2, 0) is 14.3 Å². The molecule has 0 aromatic heterocycles. The first-order valence-electron chi connectivity index (χ1n) is 10.0. The van der Waals surface area contributed by atoms with Gasteiger partial charge in [-0.05, 0) is 25.7 Å². The summed E-state index contributed by atoms with van der Waals surface area (Å²) >= 11 is 0. The van der Waals surface area contributed by atoms with Gasteiger partial charge in [0.25, 0.3) is 0 Å². The number of esters is 1. The molecule has 4 heteroatoms. The minimum atomic E-state index is -0.790. The Morgan fingerprint density at radius 2 is 1.33 bits per heavy atom. The molecule has 0 heterocycles. The van der Waals surface area contributed by atoms with Crippen LogP contribution in [0, 0.1) is 0 Å². The molecule has 1 N–H and O–H groups in total. The van der Waals surface area contributed by atoms with Crippen LogP contribution >= 0.6 is 0 Å². The van der Waals surface area contributed by atoms with Gasteiger partial charge < -0.3 is 9.84 Å². The van der Waals surface area contributed by atoms with Crippen LogP contribution in [0.1, 0.15) is 110 Å². The number of carboxylic acid groups (broad SMARTS) is 1. The van der Waals surface area contributed by atoms with E-state index in [1.807, 2.05) is 6.92 Å². The lowest BCUT2D eigenvalue weighted by molar-refractivity contribution is -0.149. The standard InChI is InChI=1S/C20H38O4/c1-3-5-6-7-8-9-10-11-12-13-17-20(23)24-18(4-2)15-14-16-19(21)22/h18H,3-17H2,1-2H3,(H,21,22). The molecule has 1 atom stereocenters. The Morgan fingerprint density at radius 1 is 0.792 bits per heavy atom. The molecule has 0 rings (SSSR count). The van der Waals surface area contributed by atoms with Crippen molar-refractivity contribution in [3.05, 3.63) is 0 Å². The van der Waals surface area contributed by atoms with Gasteiger partial charge in [0, 0.05) is 12.8 Å². The highest BCUT2D eigenvalue weighted by Gasteiger charge is 2.12. The summed E-state index contributed by atoms with van der Waals surface area (Å²) in [5.74, 6) is -0.918. The highest BCUT2D eigenvalue weighted by atomic mass is 16.5. The second-order valence-electron chi connectivity index (χ2n) is 6.74. The molecule has 4 nitrogen and oxygen atoms in total. The van der Waals surface area contributed by atoms with Crippen molar-refractivity contribution in [2.45, 2.75) is 116 Å². The van der Waals surface area contributed by atoms with Crippen molar-refractivity contribution in [3.63, 3.8) is 0 Å². The predicted molar refractivity (Wildman–Crippen MR) is 98.1 cm³/mol. The highest BCUT2D eigenvalue weighted by molar-refractivity contribution is 5.69. The van der Waals surface area contributed by atoms with Gasteiger partial charge in [0.2, 0.25) is 0 Å². The minimum Gasteiger partial charge on any atom is -0.481 e. The van der Waals surface area contributed by atoms with E-state index in [1.165, 1.54) is 51.4 Å². The van der Waals surface area contributed by atoms with Crippen LogP contribution in [0.3, 0.4) is 0 Å². The molecule has 0 fully saturated rings. The van der Waals surface area contributed by atoms with Crippen LogP contribution < -0.4 is 0 Å². The second-order valence-corrected chi connectivity index (χ2v) is 6.74. The lowest BCUT2D eigenvalue weighted by Crippen LogP contribution is -2.17. The van der Waals surface area contributed by atoms with Crippen molar-refractivity contribution in [2.75, 3.05) is 0 Å². The first kappa shape index (κ1) is 22.9. The molecule has 0 amide bonds. The van der Waals surface area contributed by atoms with Gasteiger partial charge in [0.1, 0.15) is 6.10 Å². The fourth-order valence-electron chi connectivity index (χ4n) is 2.83. The quantitative estimate of drug-likeness (QED) is 0.265. The summed E-state index contributed by atoms with van der Waals surface area (Å²) in [5.41, 5.74) is 0. The molecule has 0 aliphatic carbocycles. The summed E-state index contributed by atoms with van der Waals surface area (Å²) in [7, 11) is 0. The number of ether oxygens (including phenoxy) is 1. The van der Waals surface area contributed by atoms with Gasteiger partial charge in [-0.25, -0.2) is 0 Å². The Kier molecular flexibility index (Phi) is 16.0. The van der Waals surface area contributed by atoms with Crippen LogP contribution in [0.4, 0.5) is 0 Å². The zero-order chi connectivity index (χ0) is 18.0. The van der Waals surface area contributed by atoms with E-state index in [0.29, 0.717) is 19.3 Å².